The third-order valence-corrected chi connectivity index (χ3v) is 10.4. The summed E-state index contributed by atoms with van der Waals surface area (Å²) in [5, 5.41) is 7.53. The lowest BCUT2D eigenvalue weighted by Gasteiger charge is -2.24. The monoisotopic (exact) mass is 400 g/mol. The Labute approximate surface area is 158 Å². The van der Waals surface area contributed by atoms with Gasteiger partial charge in [0.15, 0.2) is 0 Å². The van der Waals surface area contributed by atoms with Gasteiger partial charge in [0.05, 0.1) is 24.7 Å². The van der Waals surface area contributed by atoms with E-state index in [0.29, 0.717) is 0 Å². The van der Waals surface area contributed by atoms with Gasteiger partial charge in [-0.15, -0.1) is 11.8 Å². The quantitative estimate of drug-likeness (QED) is 0.557. The topological polar surface area (TPSA) is 34.9 Å². The second-order valence-corrected chi connectivity index (χ2v) is 14.4. The summed E-state index contributed by atoms with van der Waals surface area (Å²) in [5.74, 6) is 0. The maximum atomic E-state index is 12.4. The van der Waals surface area contributed by atoms with E-state index in [1.54, 1.807) is 18.0 Å². The third-order valence-electron chi connectivity index (χ3n) is 3.74. The van der Waals surface area contributed by atoms with Crippen LogP contribution in [0.4, 0.5) is 0 Å². The Morgan fingerprint density at radius 2 is 1.75 bits per heavy atom. The van der Waals surface area contributed by atoms with E-state index in [1.807, 2.05) is 32.9 Å². The van der Waals surface area contributed by atoms with Crippen molar-refractivity contribution in [2.24, 2.45) is 0 Å². The lowest BCUT2D eigenvalue weighted by Crippen LogP contribution is -2.44. The highest BCUT2D eigenvalue weighted by Gasteiger charge is 2.25. The Hall–Kier alpha value is -0.753. The fourth-order valence-corrected chi connectivity index (χ4v) is 6.79. The minimum atomic E-state index is -1.67. The van der Waals surface area contributed by atoms with Crippen LogP contribution in [0.25, 0.3) is 0 Å². The average molecular weight is 401 g/mol. The Bertz CT molecular complexity index is 783. The summed E-state index contributed by atoms with van der Waals surface area (Å²) in [4.78, 5) is 13.2. The number of rotatable bonds is 4. The molecule has 0 fully saturated rings. The lowest BCUT2D eigenvalue weighted by atomic mass is 10.1. The van der Waals surface area contributed by atoms with E-state index in [1.165, 1.54) is 9.87 Å². The molecule has 1 aromatic heterocycles. The van der Waals surface area contributed by atoms with E-state index in [4.69, 9.17) is 23.2 Å². The number of thioether (sulfide) groups is 1. The van der Waals surface area contributed by atoms with Crippen molar-refractivity contribution in [3.05, 3.63) is 50.9 Å². The van der Waals surface area contributed by atoms with Crippen LogP contribution >= 0.6 is 35.0 Å². The normalized spacial score (nSPS) is 12.5. The van der Waals surface area contributed by atoms with Crippen molar-refractivity contribution < 1.29 is 0 Å². The fourth-order valence-electron chi connectivity index (χ4n) is 2.24. The van der Waals surface area contributed by atoms with Gasteiger partial charge in [-0.05, 0) is 38.3 Å². The number of nitrogens with zero attached hydrogens (tertiary/aromatic N) is 2. The van der Waals surface area contributed by atoms with Crippen molar-refractivity contribution in [3.8, 4) is 0 Å². The molecule has 0 saturated carbocycles. The highest BCUT2D eigenvalue weighted by molar-refractivity contribution is 8.01. The standard InChI is InChI=1S/C17H22Cl2N2OSSi/c1-17(2,3)21-16(22)15(19)14(10-20-21)23-11-24(4,5)13-8-6-12(18)7-9-13/h6-10H,11H2,1-5H3. The van der Waals surface area contributed by atoms with Gasteiger partial charge in [0.1, 0.15) is 5.02 Å². The summed E-state index contributed by atoms with van der Waals surface area (Å²) < 4.78 is 1.43. The molecule has 0 aliphatic heterocycles. The van der Waals surface area contributed by atoms with E-state index < -0.39 is 8.07 Å². The first-order chi connectivity index (χ1) is 11.0. The van der Waals surface area contributed by atoms with Gasteiger partial charge in [0.25, 0.3) is 5.56 Å². The first kappa shape index (κ1) is 19.6. The van der Waals surface area contributed by atoms with Crippen molar-refractivity contribution in [1.29, 1.82) is 0 Å². The number of hydrogen-bond acceptors (Lipinski definition) is 3. The highest BCUT2D eigenvalue weighted by atomic mass is 35.5. The van der Waals surface area contributed by atoms with Crippen LogP contribution in [0.1, 0.15) is 20.8 Å². The molecule has 0 atom stereocenters. The summed E-state index contributed by atoms with van der Waals surface area (Å²) in [6.45, 7) is 10.4. The maximum Gasteiger partial charge on any atom is 0.287 e. The van der Waals surface area contributed by atoms with Crippen LogP contribution in [0.3, 0.4) is 0 Å². The summed E-state index contributed by atoms with van der Waals surface area (Å²) >= 11 is 13.9. The van der Waals surface area contributed by atoms with Crippen LogP contribution in [0.5, 0.6) is 0 Å². The van der Waals surface area contributed by atoms with Gasteiger partial charge in [-0.1, -0.05) is 53.6 Å². The molecule has 3 nitrogen and oxygen atoms in total. The van der Waals surface area contributed by atoms with Crippen LogP contribution in [0, 0.1) is 0 Å². The molecular weight excluding hydrogens is 379 g/mol. The van der Waals surface area contributed by atoms with Gasteiger partial charge < -0.3 is 0 Å². The van der Waals surface area contributed by atoms with Crippen molar-refractivity contribution in [1.82, 2.24) is 9.78 Å². The molecule has 0 spiro atoms. The molecule has 0 N–H and O–H groups in total. The van der Waals surface area contributed by atoms with E-state index >= 15 is 0 Å². The second-order valence-electron chi connectivity index (χ2n) is 7.39. The van der Waals surface area contributed by atoms with E-state index in [0.717, 1.165) is 15.3 Å². The van der Waals surface area contributed by atoms with Gasteiger partial charge in [0.2, 0.25) is 0 Å². The molecule has 2 rings (SSSR count). The number of aromatic nitrogens is 2. The largest absolute Gasteiger partial charge is 0.287 e. The molecule has 7 heteroatoms. The van der Waals surface area contributed by atoms with Crippen LogP contribution in [0.2, 0.25) is 23.1 Å². The first-order valence-electron chi connectivity index (χ1n) is 7.69. The maximum absolute atomic E-state index is 12.4. The lowest BCUT2D eigenvalue weighted by molar-refractivity contribution is 0.336. The number of hydrogen-bond donors (Lipinski definition) is 0. The van der Waals surface area contributed by atoms with Crippen molar-refractivity contribution in [3.63, 3.8) is 0 Å². The zero-order chi connectivity index (χ0) is 18.1. The SMILES string of the molecule is CC(C)(C)n1ncc(SC[Si](C)(C)c2ccc(Cl)cc2)c(Cl)c1=O. The highest BCUT2D eigenvalue weighted by Crippen LogP contribution is 2.27. The summed E-state index contributed by atoms with van der Waals surface area (Å²) in [6, 6.07) is 8.03. The van der Waals surface area contributed by atoms with Crippen LogP contribution in [-0.2, 0) is 5.54 Å². The molecule has 24 heavy (non-hydrogen) atoms. The number of benzene rings is 1. The molecule has 0 bridgehead atoms. The minimum absolute atomic E-state index is 0.236. The Balaban J connectivity index is 2.22. The van der Waals surface area contributed by atoms with Gasteiger partial charge in [-0.3, -0.25) is 4.79 Å². The van der Waals surface area contributed by atoms with Crippen molar-refractivity contribution in [2.75, 3.05) is 5.38 Å². The molecule has 0 aliphatic carbocycles. The molecule has 0 amide bonds. The van der Waals surface area contributed by atoms with E-state index in [2.05, 4.69) is 30.3 Å². The van der Waals surface area contributed by atoms with Gasteiger partial charge in [-0.25, -0.2) is 4.68 Å². The third kappa shape index (κ3) is 4.45. The predicted octanol–water partition coefficient (Wildman–Crippen LogP) is 4.55. The average Bonchev–Trinajstić information content (AvgIpc) is 2.48. The zero-order valence-corrected chi connectivity index (χ0v) is 17.9. The Kier molecular flexibility index (Phi) is 5.90. The van der Waals surface area contributed by atoms with Crippen LogP contribution in [0.15, 0.2) is 40.2 Å². The molecule has 0 radical (unpaired) electrons. The Morgan fingerprint density at radius 1 is 1.17 bits per heavy atom. The van der Waals surface area contributed by atoms with E-state index in [9.17, 15) is 4.79 Å². The predicted molar refractivity (Wildman–Crippen MR) is 108 cm³/mol. The fraction of sp³-hybridized carbons (Fsp3) is 0.412. The van der Waals surface area contributed by atoms with Crippen LogP contribution in [-0.4, -0.2) is 23.2 Å². The van der Waals surface area contributed by atoms with Gasteiger partial charge in [-0.2, -0.15) is 5.10 Å². The zero-order valence-electron chi connectivity index (χ0n) is 14.6. The summed E-state index contributed by atoms with van der Waals surface area (Å²) in [5.41, 5.74) is -0.624. The Morgan fingerprint density at radius 3 is 2.29 bits per heavy atom. The molecule has 0 unspecified atom stereocenters. The second kappa shape index (κ2) is 7.24. The minimum Gasteiger partial charge on any atom is -0.266 e. The van der Waals surface area contributed by atoms with Crippen molar-refractivity contribution in [2.45, 2.75) is 44.3 Å². The molecule has 1 aromatic carbocycles. The molecule has 130 valence electrons. The first-order valence-corrected chi connectivity index (χ1v) is 12.6. The van der Waals surface area contributed by atoms with Gasteiger partial charge in [0, 0.05) is 5.02 Å². The summed E-state index contributed by atoms with van der Waals surface area (Å²) in [6.07, 6.45) is 1.70. The van der Waals surface area contributed by atoms with Crippen LogP contribution < -0.4 is 10.7 Å². The number of halogens is 2. The summed E-state index contributed by atoms with van der Waals surface area (Å²) in [7, 11) is -1.67. The molecule has 0 aliphatic rings. The molecule has 1 heterocycles. The van der Waals surface area contributed by atoms with Crippen molar-refractivity contribution >= 4 is 48.2 Å². The van der Waals surface area contributed by atoms with E-state index in [-0.39, 0.29) is 16.1 Å². The molecular formula is C17H22Cl2N2OSSi. The molecule has 2 aromatic rings. The molecule has 0 saturated heterocycles. The smallest absolute Gasteiger partial charge is 0.266 e. The van der Waals surface area contributed by atoms with Gasteiger partial charge >= 0.3 is 0 Å².